The minimum atomic E-state index is -1.21. The van der Waals surface area contributed by atoms with Gasteiger partial charge in [-0.3, -0.25) is 19.4 Å². The number of H-pyrrole nitrogens is 1. The second kappa shape index (κ2) is 15.8. The summed E-state index contributed by atoms with van der Waals surface area (Å²) in [4.78, 5) is 61.8. The number of hydrogen-bond donors (Lipinski definition) is 8. The van der Waals surface area contributed by atoms with E-state index in [2.05, 4.69) is 30.9 Å². The van der Waals surface area contributed by atoms with Crippen molar-refractivity contribution in [2.75, 3.05) is 6.54 Å². The van der Waals surface area contributed by atoms with Gasteiger partial charge in [0.25, 0.3) is 0 Å². The molecule has 4 unspecified atom stereocenters. The fourth-order valence-corrected chi connectivity index (χ4v) is 3.88. The lowest BCUT2D eigenvalue weighted by Gasteiger charge is -2.27. The summed E-state index contributed by atoms with van der Waals surface area (Å²) in [6, 6.07) is 4.58. The van der Waals surface area contributed by atoms with Crippen molar-refractivity contribution in [3.05, 3.63) is 54.1 Å². The number of amides is 3. The van der Waals surface area contributed by atoms with E-state index in [1.807, 2.05) is 0 Å². The lowest BCUT2D eigenvalue weighted by molar-refractivity contribution is -0.142. The zero-order chi connectivity index (χ0) is 29.7. The van der Waals surface area contributed by atoms with Gasteiger partial charge in [-0.05, 0) is 24.3 Å². The first kappa shape index (κ1) is 31.8. The van der Waals surface area contributed by atoms with E-state index < -0.39 is 53.8 Å². The van der Waals surface area contributed by atoms with Gasteiger partial charge >= 0.3 is 5.97 Å². The molecule has 0 saturated heterocycles. The number of nitrogens with zero attached hydrogens (tertiary/aromatic N) is 2. The van der Waals surface area contributed by atoms with Crippen LogP contribution in [0.25, 0.3) is 0 Å². The van der Waals surface area contributed by atoms with Crippen LogP contribution in [0.3, 0.4) is 0 Å². The fraction of sp³-hybridized carbons (Fsp3) is 0.462. The molecule has 4 atom stereocenters. The third-order valence-electron chi connectivity index (χ3n) is 6.05. The number of aromatic nitrogens is 2. The lowest BCUT2D eigenvalue weighted by Crippen LogP contribution is -2.58. The van der Waals surface area contributed by atoms with E-state index >= 15 is 0 Å². The number of rotatable bonds is 16. The predicted molar refractivity (Wildman–Crippen MR) is 149 cm³/mol. The van der Waals surface area contributed by atoms with Crippen LogP contribution in [0, 0.1) is 5.92 Å². The highest BCUT2D eigenvalue weighted by molar-refractivity contribution is 5.94. The van der Waals surface area contributed by atoms with Crippen LogP contribution in [0.1, 0.15) is 37.9 Å². The molecule has 218 valence electrons. The summed E-state index contributed by atoms with van der Waals surface area (Å²) < 4.78 is 0. The van der Waals surface area contributed by atoms with Crippen molar-refractivity contribution in [1.82, 2.24) is 25.9 Å². The average Bonchev–Trinajstić information content (AvgIpc) is 3.41. The molecule has 0 spiro atoms. The number of aromatic amines is 1. The minimum Gasteiger partial charge on any atom is -0.480 e. The van der Waals surface area contributed by atoms with Crippen LogP contribution in [-0.2, 0) is 32.0 Å². The zero-order valence-corrected chi connectivity index (χ0v) is 22.7. The van der Waals surface area contributed by atoms with Crippen molar-refractivity contribution in [2.24, 2.45) is 28.1 Å². The van der Waals surface area contributed by atoms with Gasteiger partial charge < -0.3 is 43.2 Å². The molecular formula is C26H39N9O5. The lowest BCUT2D eigenvalue weighted by atomic mass is 10.00. The number of carboxylic acids is 1. The highest BCUT2D eigenvalue weighted by atomic mass is 16.4. The Bertz CT molecular complexity index is 1130. The van der Waals surface area contributed by atoms with Crippen molar-refractivity contribution >= 4 is 29.7 Å². The maximum atomic E-state index is 13.3. The van der Waals surface area contributed by atoms with E-state index in [0.29, 0.717) is 12.1 Å². The molecule has 0 bridgehead atoms. The molecule has 1 aromatic carbocycles. The average molecular weight is 558 g/mol. The zero-order valence-electron chi connectivity index (χ0n) is 22.7. The Balaban J connectivity index is 2.12. The van der Waals surface area contributed by atoms with E-state index in [0.717, 1.165) is 5.56 Å². The standard InChI is InChI=1S/C26H39N9O5/c1-15(2)21(24(38)34-20(25(39)40)11-16-7-4-3-5-8-16)35-23(37)19(9-6-10-31-26(28)29)33-22(36)18(27)12-17-13-30-14-32-17/h3-5,7-8,13-15,18-21H,6,9-12,27H2,1-2H3,(H,30,32)(H,33,36)(H,34,38)(H,35,37)(H,39,40)(H4,28,29,31). The summed E-state index contributed by atoms with van der Waals surface area (Å²) in [6.45, 7) is 3.64. The van der Waals surface area contributed by atoms with Crippen LogP contribution in [0.5, 0.6) is 0 Å². The summed E-state index contributed by atoms with van der Waals surface area (Å²) in [5.74, 6) is -3.57. The van der Waals surface area contributed by atoms with Crippen molar-refractivity contribution in [3.8, 4) is 0 Å². The van der Waals surface area contributed by atoms with Crippen molar-refractivity contribution < 1.29 is 24.3 Å². The maximum absolute atomic E-state index is 13.3. The molecule has 0 aliphatic rings. The number of guanidine groups is 1. The maximum Gasteiger partial charge on any atom is 0.326 e. The molecule has 0 aliphatic carbocycles. The summed E-state index contributed by atoms with van der Waals surface area (Å²) in [6.07, 6.45) is 3.75. The summed E-state index contributed by atoms with van der Waals surface area (Å²) in [7, 11) is 0. The van der Waals surface area contributed by atoms with E-state index in [-0.39, 0.29) is 31.8 Å². The second-order valence-corrected chi connectivity index (χ2v) is 9.72. The quantitative estimate of drug-likeness (QED) is 0.0698. The Kier molecular flexibility index (Phi) is 12.6. The molecule has 1 heterocycles. The number of hydrogen-bond acceptors (Lipinski definition) is 7. The van der Waals surface area contributed by atoms with Gasteiger partial charge in [-0.1, -0.05) is 44.2 Å². The van der Waals surface area contributed by atoms with Crippen LogP contribution >= 0.6 is 0 Å². The second-order valence-electron chi connectivity index (χ2n) is 9.72. The number of nitrogens with one attached hydrogen (secondary N) is 4. The van der Waals surface area contributed by atoms with Crippen LogP contribution in [-0.4, -0.2) is 75.4 Å². The van der Waals surface area contributed by atoms with Gasteiger partial charge in [-0.25, -0.2) is 9.78 Å². The highest BCUT2D eigenvalue weighted by Crippen LogP contribution is 2.09. The van der Waals surface area contributed by atoms with Crippen molar-refractivity contribution in [3.63, 3.8) is 0 Å². The third-order valence-corrected chi connectivity index (χ3v) is 6.05. The Morgan fingerprint density at radius 1 is 0.975 bits per heavy atom. The number of aliphatic carboxylic acids is 1. The monoisotopic (exact) mass is 557 g/mol. The van der Waals surface area contributed by atoms with Gasteiger partial charge in [0.2, 0.25) is 17.7 Å². The normalized spacial score (nSPS) is 13.9. The summed E-state index contributed by atoms with van der Waals surface area (Å²) in [5, 5.41) is 17.5. The van der Waals surface area contributed by atoms with E-state index in [9.17, 15) is 24.3 Å². The molecule has 3 amide bonds. The molecule has 11 N–H and O–H groups in total. The van der Waals surface area contributed by atoms with Crippen LogP contribution in [0.15, 0.2) is 47.8 Å². The molecule has 0 radical (unpaired) electrons. The highest BCUT2D eigenvalue weighted by Gasteiger charge is 2.32. The van der Waals surface area contributed by atoms with E-state index in [4.69, 9.17) is 17.2 Å². The number of benzene rings is 1. The molecule has 40 heavy (non-hydrogen) atoms. The molecule has 2 aromatic rings. The molecule has 0 aliphatic heterocycles. The number of carbonyl (C=O) groups is 4. The van der Waals surface area contributed by atoms with Gasteiger partial charge in [-0.15, -0.1) is 0 Å². The Labute approximate surface area is 232 Å². The Morgan fingerprint density at radius 2 is 1.65 bits per heavy atom. The summed E-state index contributed by atoms with van der Waals surface area (Å²) in [5.41, 5.74) is 18.1. The first-order chi connectivity index (χ1) is 19.0. The smallest absolute Gasteiger partial charge is 0.326 e. The van der Waals surface area contributed by atoms with Gasteiger partial charge in [0.15, 0.2) is 5.96 Å². The van der Waals surface area contributed by atoms with Crippen molar-refractivity contribution in [1.29, 1.82) is 0 Å². The van der Waals surface area contributed by atoms with Gasteiger partial charge in [0, 0.05) is 31.3 Å². The van der Waals surface area contributed by atoms with Gasteiger partial charge in [0.1, 0.15) is 18.1 Å². The minimum absolute atomic E-state index is 0.0678. The topological polar surface area (TPSA) is 244 Å². The largest absolute Gasteiger partial charge is 0.480 e. The number of carbonyl (C=O) groups excluding carboxylic acids is 3. The number of nitrogens with two attached hydrogens (primary N) is 3. The summed E-state index contributed by atoms with van der Waals surface area (Å²) >= 11 is 0. The van der Waals surface area contributed by atoms with E-state index in [1.165, 1.54) is 6.33 Å². The first-order valence-corrected chi connectivity index (χ1v) is 12.9. The molecule has 14 nitrogen and oxygen atoms in total. The third kappa shape index (κ3) is 10.7. The molecule has 0 saturated carbocycles. The first-order valence-electron chi connectivity index (χ1n) is 12.9. The molecule has 1 aromatic heterocycles. The molecule has 0 fully saturated rings. The SMILES string of the molecule is CC(C)C(NC(=O)C(CCCN=C(N)N)NC(=O)C(N)Cc1cnc[nH]1)C(=O)NC(Cc1ccccc1)C(=O)O. The van der Waals surface area contributed by atoms with Gasteiger partial charge in [-0.2, -0.15) is 0 Å². The number of carboxylic acid groups (broad SMARTS) is 1. The van der Waals surface area contributed by atoms with E-state index in [1.54, 1.807) is 50.4 Å². The molecule has 14 heteroatoms. The number of imidazole rings is 1. The van der Waals surface area contributed by atoms with Crippen LogP contribution in [0.4, 0.5) is 0 Å². The van der Waals surface area contributed by atoms with Crippen LogP contribution in [0.2, 0.25) is 0 Å². The Morgan fingerprint density at radius 3 is 2.23 bits per heavy atom. The Hall–Kier alpha value is -4.46. The fourth-order valence-electron chi connectivity index (χ4n) is 3.88. The van der Waals surface area contributed by atoms with Crippen LogP contribution < -0.4 is 33.2 Å². The molecular weight excluding hydrogens is 518 g/mol. The number of aliphatic imine (C=N–C) groups is 1. The van der Waals surface area contributed by atoms with Gasteiger partial charge in [0.05, 0.1) is 12.4 Å². The van der Waals surface area contributed by atoms with Crippen molar-refractivity contribution in [2.45, 2.75) is 63.7 Å². The predicted octanol–water partition coefficient (Wildman–Crippen LogP) is -1.23. The molecule has 2 rings (SSSR count).